The first kappa shape index (κ1) is 4.79. The van der Waals surface area contributed by atoms with E-state index in [0.717, 1.165) is 5.41 Å². The topological polar surface area (TPSA) is 0 Å². The lowest BCUT2D eigenvalue weighted by atomic mass is 9.77. The molecule has 5 fully saturated rings. The molecule has 0 radical (unpaired) electrons. The van der Waals surface area contributed by atoms with Crippen LogP contribution in [-0.4, -0.2) is 0 Å². The van der Waals surface area contributed by atoms with Crippen LogP contribution in [0.4, 0.5) is 0 Å². The highest BCUT2D eigenvalue weighted by Gasteiger charge is 2.76. The minimum Gasteiger partial charge on any atom is -0.0596 e. The molecule has 0 aromatic carbocycles. The molecular formula is C10H14. The molecule has 0 nitrogen and oxygen atoms in total. The summed E-state index contributed by atoms with van der Waals surface area (Å²) in [4.78, 5) is 0. The minimum atomic E-state index is 0.837. The molecule has 5 rings (SSSR count). The van der Waals surface area contributed by atoms with Crippen molar-refractivity contribution in [2.75, 3.05) is 0 Å². The Morgan fingerprint density at radius 1 is 0.900 bits per heavy atom. The predicted molar refractivity (Wildman–Crippen MR) is 39.4 cm³/mol. The summed E-state index contributed by atoms with van der Waals surface area (Å²) in [5.74, 6) is 6.23. The van der Waals surface area contributed by atoms with Crippen molar-refractivity contribution in [1.82, 2.24) is 0 Å². The molecule has 5 aliphatic rings. The van der Waals surface area contributed by atoms with E-state index in [1.165, 1.54) is 29.6 Å². The summed E-state index contributed by atoms with van der Waals surface area (Å²) in [6.07, 6.45) is 4.82. The highest BCUT2D eigenvalue weighted by Crippen LogP contribution is 2.83. The van der Waals surface area contributed by atoms with Gasteiger partial charge in [0.25, 0.3) is 0 Å². The highest BCUT2D eigenvalue weighted by atomic mass is 14.8. The maximum Gasteiger partial charge on any atom is -0.0317 e. The van der Waals surface area contributed by atoms with Gasteiger partial charge in [0.05, 0.1) is 0 Å². The molecule has 0 heteroatoms. The van der Waals surface area contributed by atoms with E-state index >= 15 is 0 Å². The zero-order chi connectivity index (χ0) is 6.51. The smallest absolute Gasteiger partial charge is 0.0317 e. The van der Waals surface area contributed by atoms with Gasteiger partial charge in [-0.3, -0.25) is 0 Å². The Morgan fingerprint density at radius 2 is 1.40 bits per heavy atom. The van der Waals surface area contributed by atoms with Gasteiger partial charge in [-0.2, -0.15) is 0 Å². The van der Waals surface area contributed by atoms with Crippen LogP contribution in [0.5, 0.6) is 0 Å². The standard InChI is InChI=1S/C10H14/c1-10-2-5-6(3-10)9-7(4-10)8(5)9/h5-9H,2-4H2,1H3. The Bertz CT molecular complexity index is 195. The van der Waals surface area contributed by atoms with Gasteiger partial charge in [-0.25, -0.2) is 0 Å². The monoisotopic (exact) mass is 134 g/mol. The van der Waals surface area contributed by atoms with E-state index in [2.05, 4.69) is 6.92 Å². The van der Waals surface area contributed by atoms with Crippen molar-refractivity contribution in [1.29, 1.82) is 0 Å². The van der Waals surface area contributed by atoms with Crippen molar-refractivity contribution in [2.45, 2.75) is 26.2 Å². The summed E-state index contributed by atoms with van der Waals surface area (Å²) in [6.45, 7) is 2.53. The molecule has 0 aliphatic heterocycles. The van der Waals surface area contributed by atoms with E-state index < -0.39 is 0 Å². The minimum absolute atomic E-state index is 0.837. The third-order valence-corrected chi connectivity index (χ3v) is 5.02. The van der Waals surface area contributed by atoms with Crippen molar-refractivity contribution < 1.29 is 0 Å². The van der Waals surface area contributed by atoms with E-state index in [9.17, 15) is 0 Å². The molecule has 5 saturated carbocycles. The first-order valence-corrected chi connectivity index (χ1v) is 4.79. The lowest BCUT2D eigenvalue weighted by molar-refractivity contribution is 0.195. The van der Waals surface area contributed by atoms with Gasteiger partial charge in [0.15, 0.2) is 0 Å². The van der Waals surface area contributed by atoms with Gasteiger partial charge in [0.1, 0.15) is 0 Å². The van der Waals surface area contributed by atoms with Crippen molar-refractivity contribution in [3.63, 3.8) is 0 Å². The molecule has 54 valence electrons. The van der Waals surface area contributed by atoms with Gasteiger partial charge < -0.3 is 0 Å². The third kappa shape index (κ3) is 0.286. The van der Waals surface area contributed by atoms with Crippen LogP contribution >= 0.6 is 0 Å². The molecule has 5 aliphatic carbocycles. The second-order valence-corrected chi connectivity index (χ2v) is 5.57. The Morgan fingerprint density at radius 3 is 1.90 bits per heavy atom. The molecule has 0 spiro atoms. The van der Waals surface area contributed by atoms with Crippen molar-refractivity contribution >= 4 is 0 Å². The molecule has 4 unspecified atom stereocenters. The molecule has 0 amide bonds. The summed E-state index contributed by atoms with van der Waals surface area (Å²) < 4.78 is 0. The summed E-state index contributed by atoms with van der Waals surface area (Å²) in [5.41, 5.74) is 0.837. The summed E-state index contributed by atoms with van der Waals surface area (Å²) in [5, 5.41) is 0. The maximum absolute atomic E-state index is 2.53. The predicted octanol–water partition coefficient (Wildman–Crippen LogP) is 2.30. The molecule has 0 heterocycles. The molecular weight excluding hydrogens is 120 g/mol. The van der Waals surface area contributed by atoms with Crippen LogP contribution < -0.4 is 0 Å². The largest absolute Gasteiger partial charge is 0.0596 e. The van der Waals surface area contributed by atoms with Crippen molar-refractivity contribution in [3.8, 4) is 0 Å². The quantitative estimate of drug-likeness (QED) is 0.477. The van der Waals surface area contributed by atoms with Crippen molar-refractivity contribution in [3.05, 3.63) is 0 Å². The maximum atomic E-state index is 2.53. The first-order chi connectivity index (χ1) is 4.79. The molecule has 0 saturated heterocycles. The van der Waals surface area contributed by atoms with E-state index in [4.69, 9.17) is 0 Å². The first-order valence-electron chi connectivity index (χ1n) is 4.79. The average molecular weight is 134 g/mol. The summed E-state index contributed by atoms with van der Waals surface area (Å²) >= 11 is 0. The van der Waals surface area contributed by atoms with Crippen molar-refractivity contribution in [2.24, 2.45) is 35.0 Å². The molecule has 0 aromatic heterocycles. The number of hydrogen-bond donors (Lipinski definition) is 0. The zero-order valence-electron chi connectivity index (χ0n) is 6.51. The fourth-order valence-electron chi connectivity index (χ4n) is 4.86. The second-order valence-electron chi connectivity index (χ2n) is 5.57. The molecule has 0 aromatic rings. The Hall–Kier alpha value is 0. The van der Waals surface area contributed by atoms with Crippen LogP contribution in [0.1, 0.15) is 26.2 Å². The third-order valence-electron chi connectivity index (χ3n) is 5.02. The molecule has 4 bridgehead atoms. The van der Waals surface area contributed by atoms with Crippen LogP contribution in [0.3, 0.4) is 0 Å². The van der Waals surface area contributed by atoms with E-state index in [-0.39, 0.29) is 0 Å². The average Bonchev–Trinajstić information content (AvgIpc) is 2.51. The van der Waals surface area contributed by atoms with Gasteiger partial charge in [0, 0.05) is 0 Å². The van der Waals surface area contributed by atoms with Gasteiger partial charge in [-0.15, -0.1) is 0 Å². The highest BCUT2D eigenvalue weighted by molar-refractivity contribution is 5.25. The van der Waals surface area contributed by atoms with Crippen LogP contribution in [-0.2, 0) is 0 Å². The van der Waals surface area contributed by atoms with Gasteiger partial charge in [-0.1, -0.05) is 6.92 Å². The number of rotatable bonds is 0. The lowest BCUT2D eigenvalue weighted by Crippen LogP contribution is -2.23. The van der Waals surface area contributed by atoms with E-state index in [0.29, 0.717) is 0 Å². The molecule has 10 heavy (non-hydrogen) atoms. The van der Waals surface area contributed by atoms with Crippen LogP contribution in [0.25, 0.3) is 0 Å². The van der Waals surface area contributed by atoms with E-state index in [1.54, 1.807) is 19.3 Å². The van der Waals surface area contributed by atoms with Gasteiger partial charge in [0.2, 0.25) is 0 Å². The van der Waals surface area contributed by atoms with Crippen LogP contribution in [0.15, 0.2) is 0 Å². The second kappa shape index (κ2) is 1.00. The Balaban J connectivity index is 1.89. The van der Waals surface area contributed by atoms with E-state index in [1.807, 2.05) is 0 Å². The zero-order valence-corrected chi connectivity index (χ0v) is 6.51. The van der Waals surface area contributed by atoms with Gasteiger partial charge in [-0.05, 0) is 54.3 Å². The van der Waals surface area contributed by atoms with Crippen LogP contribution in [0, 0.1) is 35.0 Å². The fraction of sp³-hybridized carbons (Fsp3) is 1.00. The molecule has 4 atom stereocenters. The SMILES string of the molecule is CC12CC3C(C1)C1C(C2)C31. The Labute approximate surface area is 62.0 Å². The van der Waals surface area contributed by atoms with Gasteiger partial charge >= 0.3 is 0 Å². The normalized spacial score (nSPS) is 80.7. The molecule has 0 N–H and O–H groups in total. The lowest BCUT2D eigenvalue weighted by Gasteiger charge is -2.28. The summed E-state index contributed by atoms with van der Waals surface area (Å²) in [7, 11) is 0. The summed E-state index contributed by atoms with van der Waals surface area (Å²) in [6, 6.07) is 0. The van der Waals surface area contributed by atoms with Crippen LogP contribution in [0.2, 0.25) is 0 Å². The Kier molecular flexibility index (Phi) is 0.479. The fourth-order valence-corrected chi connectivity index (χ4v) is 4.86. The number of hydrogen-bond acceptors (Lipinski definition) is 0.